The number of ether oxygens (including phenoxy) is 2. The molecule has 0 aliphatic carbocycles. The number of amides is 2. The quantitative estimate of drug-likeness (QED) is 0.656. The Hall–Kier alpha value is -2.33. The van der Waals surface area contributed by atoms with Gasteiger partial charge in [-0.2, -0.15) is 0 Å². The molecule has 1 atom stereocenters. The molecule has 0 unspecified atom stereocenters. The lowest BCUT2D eigenvalue weighted by Gasteiger charge is -2.32. The molecule has 0 aromatic heterocycles. The molecule has 3 rings (SSSR count). The van der Waals surface area contributed by atoms with E-state index in [9.17, 15) is 14.0 Å². The predicted octanol–water partition coefficient (Wildman–Crippen LogP) is 3.32. The van der Waals surface area contributed by atoms with Crippen LogP contribution in [0.2, 0.25) is 0 Å². The molecule has 0 spiro atoms. The van der Waals surface area contributed by atoms with Gasteiger partial charge in [-0.1, -0.05) is 6.07 Å². The molecule has 0 bridgehead atoms. The van der Waals surface area contributed by atoms with Crippen molar-refractivity contribution in [3.8, 4) is 0 Å². The van der Waals surface area contributed by atoms with Crippen LogP contribution < -0.4 is 10.4 Å². The van der Waals surface area contributed by atoms with Crippen LogP contribution in [0.3, 0.4) is 0 Å². The van der Waals surface area contributed by atoms with E-state index in [1.54, 1.807) is 40.0 Å². The minimum Gasteiger partial charge on any atom is -0.444 e. The molecule has 2 amide bonds. The van der Waals surface area contributed by atoms with E-state index in [-0.39, 0.29) is 18.6 Å². The number of nitrogens with zero attached hydrogens (tertiary/aromatic N) is 2. The standard InChI is InChI=1S/C22H32BFN2O6/c1-20(2,3)30-18(27)25(8)12-15-13-26(19(28)29-15)14-9-10-16(17(24)11-14)23-31-21(4,5)22(6,7)32-23/h9-11,15H,12-13H2,1-8H3/t15-/m0/s1. The molecule has 176 valence electrons. The summed E-state index contributed by atoms with van der Waals surface area (Å²) < 4.78 is 37.5. The van der Waals surface area contributed by atoms with Crippen LogP contribution in [0.5, 0.6) is 0 Å². The second kappa shape index (κ2) is 8.22. The van der Waals surface area contributed by atoms with E-state index in [0.717, 1.165) is 0 Å². The van der Waals surface area contributed by atoms with E-state index in [4.69, 9.17) is 18.8 Å². The number of anilines is 1. The fourth-order valence-electron chi connectivity index (χ4n) is 3.39. The van der Waals surface area contributed by atoms with E-state index in [2.05, 4.69) is 0 Å². The Kier molecular flexibility index (Phi) is 6.25. The van der Waals surface area contributed by atoms with E-state index in [1.807, 2.05) is 27.7 Å². The lowest BCUT2D eigenvalue weighted by atomic mass is 9.78. The molecule has 1 aromatic carbocycles. The highest BCUT2D eigenvalue weighted by molar-refractivity contribution is 6.62. The fraction of sp³-hybridized carbons (Fsp3) is 0.636. The van der Waals surface area contributed by atoms with Crippen LogP contribution in [0.25, 0.3) is 0 Å². The van der Waals surface area contributed by atoms with Gasteiger partial charge in [-0.05, 0) is 60.6 Å². The van der Waals surface area contributed by atoms with Gasteiger partial charge < -0.3 is 23.7 Å². The highest BCUT2D eigenvalue weighted by atomic mass is 19.1. The van der Waals surface area contributed by atoms with Crippen molar-refractivity contribution in [2.45, 2.75) is 71.4 Å². The Morgan fingerprint density at radius 2 is 1.84 bits per heavy atom. The molecular weight excluding hydrogens is 418 g/mol. The average Bonchev–Trinajstić information content (AvgIpc) is 3.08. The molecule has 2 fully saturated rings. The molecule has 2 heterocycles. The van der Waals surface area contributed by atoms with E-state index in [0.29, 0.717) is 5.69 Å². The highest BCUT2D eigenvalue weighted by Crippen LogP contribution is 2.37. The van der Waals surface area contributed by atoms with Crippen molar-refractivity contribution in [2.24, 2.45) is 0 Å². The molecule has 0 N–H and O–H groups in total. The molecular formula is C22H32BFN2O6. The first-order valence-electron chi connectivity index (χ1n) is 10.7. The van der Waals surface area contributed by atoms with Gasteiger partial charge in [0.2, 0.25) is 0 Å². The number of carbonyl (C=O) groups excluding carboxylic acids is 2. The second-order valence-electron chi connectivity index (χ2n) is 10.3. The monoisotopic (exact) mass is 450 g/mol. The number of cyclic esters (lactones) is 1. The molecule has 2 saturated heterocycles. The minimum absolute atomic E-state index is 0.158. The lowest BCUT2D eigenvalue weighted by Crippen LogP contribution is -2.41. The molecule has 32 heavy (non-hydrogen) atoms. The summed E-state index contributed by atoms with van der Waals surface area (Å²) >= 11 is 0. The largest absolute Gasteiger partial charge is 0.497 e. The normalized spacial score (nSPS) is 22.2. The number of carbonyl (C=O) groups is 2. The van der Waals surface area contributed by atoms with E-state index >= 15 is 0 Å². The van der Waals surface area contributed by atoms with Gasteiger partial charge >= 0.3 is 19.3 Å². The van der Waals surface area contributed by atoms with Gasteiger partial charge in [0.25, 0.3) is 0 Å². The molecule has 10 heteroatoms. The Morgan fingerprint density at radius 1 is 1.25 bits per heavy atom. The maximum atomic E-state index is 14.9. The fourth-order valence-corrected chi connectivity index (χ4v) is 3.39. The Morgan fingerprint density at radius 3 is 2.38 bits per heavy atom. The lowest BCUT2D eigenvalue weighted by molar-refractivity contribution is 0.00578. The third kappa shape index (κ3) is 5.01. The van der Waals surface area contributed by atoms with Gasteiger partial charge in [0.05, 0.1) is 30.0 Å². The predicted molar refractivity (Wildman–Crippen MR) is 119 cm³/mol. The minimum atomic E-state index is -0.838. The van der Waals surface area contributed by atoms with Gasteiger partial charge in [-0.25, -0.2) is 14.0 Å². The van der Waals surface area contributed by atoms with Crippen LogP contribution in [0, 0.1) is 5.82 Å². The summed E-state index contributed by atoms with van der Waals surface area (Å²) in [7, 11) is 0.735. The van der Waals surface area contributed by atoms with Crippen LogP contribution in [-0.4, -0.2) is 67.2 Å². The maximum Gasteiger partial charge on any atom is 0.497 e. The highest BCUT2D eigenvalue weighted by Gasteiger charge is 2.52. The number of hydrogen-bond donors (Lipinski definition) is 0. The zero-order chi connectivity index (χ0) is 24.1. The van der Waals surface area contributed by atoms with Crippen LogP contribution in [-0.2, 0) is 18.8 Å². The molecule has 1 aromatic rings. The summed E-state index contributed by atoms with van der Waals surface area (Å²) in [6.45, 7) is 13.3. The van der Waals surface area contributed by atoms with Crippen LogP contribution in [0.4, 0.5) is 19.7 Å². The van der Waals surface area contributed by atoms with Gasteiger partial charge in [0, 0.05) is 12.5 Å². The number of benzene rings is 1. The number of rotatable bonds is 4. The van der Waals surface area contributed by atoms with Crippen molar-refractivity contribution in [3.63, 3.8) is 0 Å². The van der Waals surface area contributed by atoms with Gasteiger partial charge in [0.15, 0.2) is 0 Å². The van der Waals surface area contributed by atoms with Crippen LogP contribution >= 0.6 is 0 Å². The Labute approximate surface area is 189 Å². The molecule has 8 nitrogen and oxygen atoms in total. The summed E-state index contributed by atoms with van der Waals surface area (Å²) in [6, 6.07) is 4.45. The van der Waals surface area contributed by atoms with Crippen molar-refractivity contribution >= 4 is 30.5 Å². The molecule has 2 aliphatic heterocycles. The topological polar surface area (TPSA) is 77.5 Å². The van der Waals surface area contributed by atoms with Crippen LogP contribution in [0.1, 0.15) is 48.5 Å². The SMILES string of the molecule is CN(C[C@H]1CN(c2ccc(B3OC(C)(C)C(C)(C)O3)c(F)c2)C(=O)O1)C(=O)OC(C)(C)C. The first kappa shape index (κ1) is 24.3. The maximum absolute atomic E-state index is 14.9. The number of likely N-dealkylation sites (N-methyl/N-ethyl adjacent to an activating group) is 1. The van der Waals surface area contributed by atoms with Crippen molar-refractivity contribution in [1.29, 1.82) is 0 Å². The molecule has 0 saturated carbocycles. The third-order valence-corrected chi connectivity index (χ3v) is 5.86. The summed E-state index contributed by atoms with van der Waals surface area (Å²) in [6.07, 6.45) is -1.67. The summed E-state index contributed by atoms with van der Waals surface area (Å²) in [5, 5.41) is 0. The second-order valence-corrected chi connectivity index (χ2v) is 10.3. The number of hydrogen-bond acceptors (Lipinski definition) is 6. The van der Waals surface area contributed by atoms with Gasteiger partial charge in [-0.3, -0.25) is 4.90 Å². The van der Waals surface area contributed by atoms with E-state index in [1.165, 1.54) is 15.9 Å². The average molecular weight is 450 g/mol. The first-order chi connectivity index (χ1) is 14.6. The van der Waals surface area contributed by atoms with Crippen molar-refractivity contribution in [3.05, 3.63) is 24.0 Å². The van der Waals surface area contributed by atoms with Crippen LogP contribution in [0.15, 0.2) is 18.2 Å². The van der Waals surface area contributed by atoms with Crippen molar-refractivity contribution in [2.75, 3.05) is 25.0 Å². The molecule has 2 aliphatic rings. The Balaban J connectivity index is 1.67. The summed E-state index contributed by atoms with van der Waals surface area (Å²) in [4.78, 5) is 27.2. The van der Waals surface area contributed by atoms with Crippen molar-refractivity contribution < 1.29 is 32.8 Å². The number of halogens is 1. The Bertz CT molecular complexity index is 885. The smallest absolute Gasteiger partial charge is 0.444 e. The van der Waals surface area contributed by atoms with Gasteiger partial charge in [-0.15, -0.1) is 0 Å². The van der Waals surface area contributed by atoms with E-state index < -0.39 is 48.0 Å². The summed E-state index contributed by atoms with van der Waals surface area (Å²) in [5.74, 6) is -0.539. The third-order valence-electron chi connectivity index (χ3n) is 5.86. The van der Waals surface area contributed by atoms with Gasteiger partial charge in [0.1, 0.15) is 17.5 Å². The zero-order valence-corrected chi connectivity index (χ0v) is 20.0. The first-order valence-corrected chi connectivity index (χ1v) is 10.7. The van der Waals surface area contributed by atoms with Crippen molar-refractivity contribution in [1.82, 2.24) is 4.90 Å². The summed E-state index contributed by atoms with van der Waals surface area (Å²) in [5.41, 5.74) is -1.18. The zero-order valence-electron chi connectivity index (χ0n) is 20.0. The molecule has 0 radical (unpaired) electrons.